The van der Waals surface area contributed by atoms with Crippen LogP contribution in [0.1, 0.15) is 5.56 Å². The van der Waals surface area contributed by atoms with Gasteiger partial charge in [0, 0.05) is 22.0 Å². The zero-order valence-electron chi connectivity index (χ0n) is 12.9. The molecule has 5 nitrogen and oxygen atoms in total. The summed E-state index contributed by atoms with van der Waals surface area (Å²) in [6.07, 6.45) is -4.78. The van der Waals surface area contributed by atoms with Gasteiger partial charge in [-0.05, 0) is 30.3 Å². The summed E-state index contributed by atoms with van der Waals surface area (Å²) in [6, 6.07) is 7.14. The molecule has 0 N–H and O–H groups in total. The van der Waals surface area contributed by atoms with Gasteiger partial charge in [-0.15, -0.1) is 0 Å². The Morgan fingerprint density at radius 2 is 1.78 bits per heavy atom. The summed E-state index contributed by atoms with van der Waals surface area (Å²) in [4.78, 5) is 11.1. The van der Waals surface area contributed by atoms with Gasteiger partial charge >= 0.3 is 21.9 Å². The molecule has 0 aliphatic carbocycles. The van der Waals surface area contributed by atoms with Crippen molar-refractivity contribution in [1.82, 2.24) is 0 Å². The SMILES string of the molecule is O=c1cc(C(F)(F)F)c2ccc(OS(=O)(=O)c3ccc(Br)cc3Cl)cc2o1. The Hall–Kier alpha value is -2.04. The summed E-state index contributed by atoms with van der Waals surface area (Å²) in [6.45, 7) is 0. The van der Waals surface area contributed by atoms with E-state index in [1.54, 1.807) is 0 Å². The van der Waals surface area contributed by atoms with Crippen molar-refractivity contribution in [2.45, 2.75) is 11.1 Å². The van der Waals surface area contributed by atoms with Crippen LogP contribution in [0, 0.1) is 0 Å². The highest BCUT2D eigenvalue weighted by molar-refractivity contribution is 9.10. The predicted octanol–water partition coefficient (Wildman–Crippen LogP) is 5.00. The van der Waals surface area contributed by atoms with Gasteiger partial charge in [0.25, 0.3) is 0 Å². The Bertz CT molecular complexity index is 1200. The second kappa shape index (κ2) is 6.84. The first-order valence-corrected chi connectivity index (χ1v) is 9.60. The molecule has 0 aliphatic rings. The minimum atomic E-state index is -4.78. The number of alkyl halides is 3. The summed E-state index contributed by atoms with van der Waals surface area (Å²) >= 11 is 9.03. The molecule has 0 fully saturated rings. The zero-order valence-corrected chi connectivity index (χ0v) is 16.0. The fourth-order valence-corrected chi connectivity index (χ4v) is 4.22. The van der Waals surface area contributed by atoms with Gasteiger partial charge in [0.1, 0.15) is 16.2 Å². The lowest BCUT2D eigenvalue weighted by atomic mass is 10.1. The van der Waals surface area contributed by atoms with Crippen LogP contribution in [-0.2, 0) is 16.3 Å². The standard InChI is InChI=1S/C16H7BrClF3O5S/c17-8-1-4-14(12(18)5-8)27(23,24)26-9-2-3-10-11(16(19,20)21)7-15(22)25-13(10)6-9/h1-7H. The van der Waals surface area contributed by atoms with Crippen molar-refractivity contribution in [2.75, 3.05) is 0 Å². The molecule has 2 aromatic carbocycles. The Kier molecular flexibility index (Phi) is 5.00. The summed E-state index contributed by atoms with van der Waals surface area (Å²) < 4.78 is 74.0. The number of hydrogen-bond acceptors (Lipinski definition) is 5. The maximum Gasteiger partial charge on any atom is 0.417 e. The fourth-order valence-electron chi connectivity index (χ4n) is 2.28. The lowest BCUT2D eigenvalue weighted by Crippen LogP contribution is -2.12. The molecule has 0 saturated heterocycles. The van der Waals surface area contributed by atoms with Crippen molar-refractivity contribution in [3.63, 3.8) is 0 Å². The molecule has 0 atom stereocenters. The van der Waals surface area contributed by atoms with Crippen molar-refractivity contribution < 1.29 is 30.2 Å². The van der Waals surface area contributed by atoms with Gasteiger partial charge in [-0.2, -0.15) is 21.6 Å². The molecule has 0 radical (unpaired) electrons. The van der Waals surface area contributed by atoms with Crippen LogP contribution in [0.15, 0.2) is 61.0 Å². The van der Waals surface area contributed by atoms with Crippen molar-refractivity contribution in [2.24, 2.45) is 0 Å². The highest BCUT2D eigenvalue weighted by Crippen LogP contribution is 2.35. The van der Waals surface area contributed by atoms with Crippen LogP contribution >= 0.6 is 27.5 Å². The van der Waals surface area contributed by atoms with Gasteiger partial charge in [0.2, 0.25) is 0 Å². The van der Waals surface area contributed by atoms with E-state index in [2.05, 4.69) is 15.9 Å². The van der Waals surface area contributed by atoms with E-state index in [1.807, 2.05) is 0 Å². The smallest absolute Gasteiger partial charge is 0.417 e. The van der Waals surface area contributed by atoms with Crippen molar-refractivity contribution >= 4 is 48.6 Å². The van der Waals surface area contributed by atoms with Gasteiger partial charge in [0.05, 0.1) is 10.6 Å². The molecule has 0 unspecified atom stereocenters. The highest BCUT2D eigenvalue weighted by Gasteiger charge is 2.34. The summed E-state index contributed by atoms with van der Waals surface area (Å²) in [5, 5.41) is -0.524. The van der Waals surface area contributed by atoms with Crippen molar-refractivity contribution in [3.8, 4) is 5.75 Å². The van der Waals surface area contributed by atoms with E-state index in [9.17, 15) is 26.4 Å². The first kappa shape index (κ1) is 19.7. The van der Waals surface area contributed by atoms with Gasteiger partial charge in [0.15, 0.2) is 0 Å². The molecule has 3 aromatic rings. The van der Waals surface area contributed by atoms with Gasteiger partial charge < -0.3 is 8.60 Å². The first-order valence-electron chi connectivity index (χ1n) is 7.02. The predicted molar refractivity (Wildman–Crippen MR) is 94.5 cm³/mol. The molecule has 1 heterocycles. The Morgan fingerprint density at radius 3 is 2.41 bits per heavy atom. The van der Waals surface area contributed by atoms with Gasteiger partial charge in [-0.1, -0.05) is 27.5 Å². The lowest BCUT2D eigenvalue weighted by Gasteiger charge is -2.11. The lowest BCUT2D eigenvalue weighted by molar-refractivity contribution is -0.136. The molecule has 1 aromatic heterocycles. The van der Waals surface area contributed by atoms with Crippen LogP contribution in [0.5, 0.6) is 5.75 Å². The molecular weight excluding hydrogens is 477 g/mol. The quantitative estimate of drug-likeness (QED) is 0.387. The normalized spacial score (nSPS) is 12.3. The third kappa shape index (κ3) is 4.12. The Morgan fingerprint density at radius 1 is 1.07 bits per heavy atom. The maximum absolute atomic E-state index is 13.0. The zero-order chi connectivity index (χ0) is 20.0. The van der Waals surface area contributed by atoms with Crippen LogP contribution in [0.4, 0.5) is 13.2 Å². The van der Waals surface area contributed by atoms with E-state index in [-0.39, 0.29) is 15.7 Å². The third-order valence-corrected chi connectivity index (χ3v) is 5.62. The molecule has 11 heteroatoms. The average molecular weight is 484 g/mol. The summed E-state index contributed by atoms with van der Waals surface area (Å²) in [7, 11) is -4.37. The first-order chi connectivity index (χ1) is 12.5. The van der Waals surface area contributed by atoms with Gasteiger partial charge in [-0.3, -0.25) is 0 Å². The molecule has 27 heavy (non-hydrogen) atoms. The molecule has 142 valence electrons. The van der Waals surface area contributed by atoms with E-state index in [4.69, 9.17) is 20.2 Å². The number of fused-ring (bicyclic) bond motifs is 1. The number of benzene rings is 2. The maximum atomic E-state index is 13.0. The topological polar surface area (TPSA) is 73.6 Å². The monoisotopic (exact) mass is 482 g/mol. The van der Waals surface area contributed by atoms with Crippen LogP contribution in [0.3, 0.4) is 0 Å². The van der Waals surface area contributed by atoms with E-state index in [0.717, 1.165) is 18.2 Å². The summed E-state index contributed by atoms with van der Waals surface area (Å²) in [5.74, 6) is -0.344. The largest absolute Gasteiger partial charge is 0.423 e. The molecule has 0 aliphatic heterocycles. The minimum Gasteiger partial charge on any atom is -0.423 e. The van der Waals surface area contributed by atoms with Crippen LogP contribution in [-0.4, -0.2) is 8.42 Å². The van der Waals surface area contributed by atoms with E-state index in [1.165, 1.54) is 18.2 Å². The fraction of sp³-hybridized carbons (Fsp3) is 0.0625. The second-order valence-electron chi connectivity index (χ2n) is 5.25. The van der Waals surface area contributed by atoms with Crippen LogP contribution in [0.2, 0.25) is 5.02 Å². The third-order valence-electron chi connectivity index (χ3n) is 3.39. The van der Waals surface area contributed by atoms with E-state index in [0.29, 0.717) is 10.5 Å². The number of hydrogen-bond donors (Lipinski definition) is 0. The second-order valence-corrected chi connectivity index (χ2v) is 8.08. The molecule has 0 saturated carbocycles. The highest BCUT2D eigenvalue weighted by atomic mass is 79.9. The van der Waals surface area contributed by atoms with Crippen molar-refractivity contribution in [1.29, 1.82) is 0 Å². The molecule has 0 amide bonds. The molecular formula is C16H7BrClF3O5S. The Balaban J connectivity index is 2.07. The summed E-state index contributed by atoms with van der Waals surface area (Å²) in [5.41, 5.74) is -2.89. The minimum absolute atomic E-state index is 0.115. The van der Waals surface area contributed by atoms with Crippen LogP contribution in [0.25, 0.3) is 11.0 Å². The number of rotatable bonds is 3. The Labute approximate surface area is 163 Å². The average Bonchev–Trinajstić information content (AvgIpc) is 2.52. The molecule has 0 bridgehead atoms. The van der Waals surface area contributed by atoms with E-state index >= 15 is 0 Å². The van der Waals surface area contributed by atoms with E-state index < -0.39 is 38.5 Å². The number of halogens is 5. The van der Waals surface area contributed by atoms with Crippen molar-refractivity contribution in [3.05, 3.63) is 67.9 Å². The van der Waals surface area contributed by atoms with Gasteiger partial charge in [-0.25, -0.2) is 4.79 Å². The molecule has 0 spiro atoms. The molecule has 3 rings (SSSR count). The van der Waals surface area contributed by atoms with Crippen LogP contribution < -0.4 is 9.81 Å².